The predicted octanol–water partition coefficient (Wildman–Crippen LogP) is 3.87. The third-order valence-corrected chi connectivity index (χ3v) is 8.89. The van der Waals surface area contributed by atoms with Crippen molar-refractivity contribution in [1.82, 2.24) is 9.80 Å². The number of rotatable bonds is 6. The number of anilines is 1. The third kappa shape index (κ3) is 4.20. The minimum Gasteiger partial charge on any atom is -0.379 e. The van der Waals surface area contributed by atoms with Gasteiger partial charge >= 0.3 is 0 Å². The van der Waals surface area contributed by atoms with Crippen molar-refractivity contribution in [2.45, 2.75) is 51.9 Å². The van der Waals surface area contributed by atoms with Crippen LogP contribution >= 0.6 is 0 Å². The van der Waals surface area contributed by atoms with Crippen LogP contribution in [0.2, 0.25) is 0 Å². The van der Waals surface area contributed by atoms with Crippen LogP contribution in [-0.2, 0) is 16.0 Å². The molecule has 2 aliphatic heterocycles. The maximum absolute atomic E-state index is 13.3. The highest BCUT2D eigenvalue weighted by atomic mass is 16.5. The van der Waals surface area contributed by atoms with Gasteiger partial charge in [-0.25, -0.2) is 0 Å². The van der Waals surface area contributed by atoms with Crippen molar-refractivity contribution in [2.24, 2.45) is 16.7 Å². The van der Waals surface area contributed by atoms with Crippen molar-refractivity contribution in [3.63, 3.8) is 0 Å². The van der Waals surface area contributed by atoms with Gasteiger partial charge < -0.3 is 15.0 Å². The number of fused-ring (bicyclic) bond motifs is 1. The third-order valence-electron chi connectivity index (χ3n) is 8.89. The number of morpholine rings is 1. The van der Waals surface area contributed by atoms with Gasteiger partial charge in [0.15, 0.2) is 0 Å². The Kier molecular flexibility index (Phi) is 5.57. The molecular weight excluding hydrogens is 426 g/mol. The van der Waals surface area contributed by atoms with Crippen molar-refractivity contribution in [1.29, 1.82) is 0 Å². The number of hydrogen-bond acceptors (Lipinski definition) is 4. The van der Waals surface area contributed by atoms with E-state index in [0.29, 0.717) is 13.0 Å². The van der Waals surface area contributed by atoms with E-state index < -0.39 is 0 Å². The van der Waals surface area contributed by atoms with Crippen LogP contribution < -0.4 is 5.32 Å². The van der Waals surface area contributed by atoms with E-state index in [1.807, 2.05) is 23.1 Å². The largest absolute Gasteiger partial charge is 0.379 e. The number of carbonyl (C=O) groups is 2. The molecule has 1 aromatic rings. The summed E-state index contributed by atoms with van der Waals surface area (Å²) < 4.78 is 5.43. The zero-order valence-electron chi connectivity index (χ0n) is 20.4. The Morgan fingerprint density at radius 1 is 1.18 bits per heavy atom. The summed E-state index contributed by atoms with van der Waals surface area (Å²) >= 11 is 0. The van der Waals surface area contributed by atoms with Gasteiger partial charge in [0.05, 0.1) is 13.2 Å². The predicted molar refractivity (Wildman–Crippen MR) is 132 cm³/mol. The minimum atomic E-state index is 0.0894. The molecule has 3 unspecified atom stereocenters. The van der Waals surface area contributed by atoms with Crippen LogP contribution in [0.15, 0.2) is 29.8 Å². The molecule has 0 aromatic heterocycles. The fourth-order valence-electron chi connectivity index (χ4n) is 7.99. The van der Waals surface area contributed by atoms with Gasteiger partial charge in [-0.1, -0.05) is 24.6 Å². The van der Waals surface area contributed by atoms with E-state index in [1.54, 1.807) is 5.57 Å². The number of amides is 2. The molecule has 4 aliphatic carbocycles. The lowest BCUT2D eigenvalue weighted by atomic mass is 9.48. The lowest BCUT2D eigenvalue weighted by Gasteiger charge is -2.57. The molecule has 2 heterocycles. The Bertz CT molecular complexity index is 1030. The van der Waals surface area contributed by atoms with E-state index in [4.69, 9.17) is 4.74 Å². The summed E-state index contributed by atoms with van der Waals surface area (Å²) in [6.07, 6.45) is 9.86. The SMILES string of the molecule is CC12C=C3CC(C1)CC(CC(=O)Nc1cccc4c1CCN(CCN1CCOCC1)C4=O)(C3)C2. The first-order valence-corrected chi connectivity index (χ1v) is 13.1. The maximum Gasteiger partial charge on any atom is 0.254 e. The smallest absolute Gasteiger partial charge is 0.254 e. The first-order valence-electron chi connectivity index (χ1n) is 13.1. The van der Waals surface area contributed by atoms with Crippen molar-refractivity contribution in [2.75, 3.05) is 51.3 Å². The lowest BCUT2D eigenvalue weighted by molar-refractivity contribution is -0.121. The molecule has 6 aliphatic rings. The zero-order chi connectivity index (χ0) is 23.3. The van der Waals surface area contributed by atoms with Crippen LogP contribution in [-0.4, -0.2) is 67.6 Å². The molecular formula is C28H37N3O3. The van der Waals surface area contributed by atoms with Gasteiger partial charge in [-0.2, -0.15) is 0 Å². The molecule has 2 saturated carbocycles. The van der Waals surface area contributed by atoms with Gasteiger partial charge in [-0.05, 0) is 73.0 Å². The zero-order valence-corrected chi connectivity index (χ0v) is 20.4. The number of nitrogens with one attached hydrogen (secondary N) is 1. The Balaban J connectivity index is 1.11. The van der Waals surface area contributed by atoms with Gasteiger partial charge in [0.25, 0.3) is 5.91 Å². The molecule has 6 nitrogen and oxygen atoms in total. The molecule has 0 spiro atoms. The van der Waals surface area contributed by atoms with E-state index in [2.05, 4.69) is 23.2 Å². The van der Waals surface area contributed by atoms with Crippen LogP contribution in [0.3, 0.4) is 0 Å². The molecule has 1 N–H and O–H groups in total. The summed E-state index contributed by atoms with van der Waals surface area (Å²) in [5.74, 6) is 0.958. The van der Waals surface area contributed by atoms with Gasteiger partial charge in [0.2, 0.25) is 5.91 Å². The molecule has 7 rings (SSSR count). The van der Waals surface area contributed by atoms with Gasteiger partial charge in [0, 0.05) is 50.4 Å². The van der Waals surface area contributed by atoms with E-state index in [-0.39, 0.29) is 22.6 Å². The monoisotopic (exact) mass is 463 g/mol. The maximum atomic E-state index is 13.3. The molecule has 0 radical (unpaired) electrons. The molecule has 6 heteroatoms. The van der Waals surface area contributed by atoms with E-state index >= 15 is 0 Å². The second-order valence-electron chi connectivity index (χ2n) is 11.8. The molecule has 1 saturated heterocycles. The highest BCUT2D eigenvalue weighted by molar-refractivity contribution is 6.00. The first kappa shape index (κ1) is 22.3. The molecule has 3 fully saturated rings. The number of benzene rings is 1. The summed E-state index contributed by atoms with van der Waals surface area (Å²) in [7, 11) is 0. The highest BCUT2D eigenvalue weighted by Gasteiger charge is 2.52. The topological polar surface area (TPSA) is 61.9 Å². The minimum absolute atomic E-state index is 0.0894. The Morgan fingerprint density at radius 2 is 2.03 bits per heavy atom. The summed E-state index contributed by atoms with van der Waals surface area (Å²) in [5, 5.41) is 3.23. The summed E-state index contributed by atoms with van der Waals surface area (Å²) in [4.78, 5) is 30.8. The molecule has 3 atom stereocenters. The number of carbonyl (C=O) groups excluding carboxylic acids is 2. The van der Waals surface area contributed by atoms with Crippen LogP contribution in [0, 0.1) is 16.7 Å². The quantitative estimate of drug-likeness (QED) is 0.651. The normalized spacial score (nSPS) is 32.5. The molecule has 182 valence electrons. The molecule has 34 heavy (non-hydrogen) atoms. The van der Waals surface area contributed by atoms with Crippen molar-refractivity contribution in [3.05, 3.63) is 41.0 Å². The lowest BCUT2D eigenvalue weighted by Crippen LogP contribution is -2.47. The first-order chi connectivity index (χ1) is 16.4. The fourth-order valence-corrected chi connectivity index (χ4v) is 7.99. The number of allylic oxidation sites excluding steroid dienone is 2. The standard InChI is InChI=1S/C28H37N3O3/c1-27-14-20-13-21(15-27)17-28(16-20,19-27)18-25(32)29-24-4-2-3-23-22(24)5-6-31(26(23)33)8-7-30-9-11-34-12-10-30/h2-4,14,21H,5-13,15-19H2,1H3,(H,29,32). The van der Waals surface area contributed by atoms with Crippen LogP contribution in [0.1, 0.15) is 61.4 Å². The fraction of sp³-hybridized carbons (Fsp3) is 0.643. The van der Waals surface area contributed by atoms with E-state index in [1.165, 1.54) is 19.3 Å². The van der Waals surface area contributed by atoms with Crippen LogP contribution in [0.4, 0.5) is 5.69 Å². The Morgan fingerprint density at radius 3 is 2.82 bits per heavy atom. The molecule has 1 aromatic carbocycles. The van der Waals surface area contributed by atoms with Crippen LogP contribution in [0.5, 0.6) is 0 Å². The number of hydrogen-bond donors (Lipinski definition) is 1. The van der Waals surface area contributed by atoms with E-state index in [9.17, 15) is 9.59 Å². The summed E-state index contributed by atoms with van der Waals surface area (Å²) in [6.45, 7) is 8.15. The van der Waals surface area contributed by atoms with Crippen molar-refractivity contribution in [3.8, 4) is 0 Å². The number of nitrogens with zero attached hydrogens (tertiary/aromatic N) is 2. The van der Waals surface area contributed by atoms with Gasteiger partial charge in [-0.15, -0.1) is 0 Å². The Hall–Kier alpha value is -2.18. The van der Waals surface area contributed by atoms with E-state index in [0.717, 1.165) is 81.4 Å². The van der Waals surface area contributed by atoms with Crippen molar-refractivity contribution < 1.29 is 14.3 Å². The van der Waals surface area contributed by atoms with Gasteiger partial charge in [0.1, 0.15) is 0 Å². The second kappa shape index (κ2) is 8.49. The average Bonchev–Trinajstić information content (AvgIpc) is 2.78. The van der Waals surface area contributed by atoms with Crippen molar-refractivity contribution >= 4 is 17.5 Å². The van der Waals surface area contributed by atoms with Gasteiger partial charge in [-0.3, -0.25) is 14.5 Å². The summed E-state index contributed by atoms with van der Waals surface area (Å²) in [6, 6.07) is 5.80. The summed E-state index contributed by atoms with van der Waals surface area (Å²) in [5.41, 5.74) is 4.59. The Labute approximate surface area is 202 Å². The molecule has 2 amide bonds. The second-order valence-corrected chi connectivity index (χ2v) is 11.8. The highest BCUT2D eigenvalue weighted by Crippen LogP contribution is 2.63. The number of ether oxygens (including phenoxy) is 1. The molecule has 4 bridgehead atoms. The average molecular weight is 464 g/mol. The van der Waals surface area contributed by atoms with Crippen LogP contribution in [0.25, 0.3) is 0 Å².